The fourth-order valence-corrected chi connectivity index (χ4v) is 3.07. The van der Waals surface area contributed by atoms with E-state index in [0.717, 1.165) is 16.7 Å². The predicted molar refractivity (Wildman–Crippen MR) is 124 cm³/mol. The maximum absolute atomic E-state index is 6.09. The van der Waals surface area contributed by atoms with Crippen LogP contribution in [0.25, 0.3) is 11.1 Å². The van der Waals surface area contributed by atoms with Crippen molar-refractivity contribution in [1.82, 2.24) is 0 Å². The summed E-state index contributed by atoms with van der Waals surface area (Å²) in [4.78, 5) is 0. The first kappa shape index (κ1) is 24.2. The Balaban J connectivity index is 0.00000341. The van der Waals surface area contributed by atoms with Gasteiger partial charge in [-0.2, -0.15) is 0 Å². The van der Waals surface area contributed by atoms with E-state index in [0.29, 0.717) is 48.5 Å². The fraction of sp³-hybridized carbons (Fsp3) is 0.250. The monoisotopic (exact) mass is 445 g/mol. The molecule has 0 aliphatic heterocycles. The molecule has 0 atom stereocenters. The van der Waals surface area contributed by atoms with Crippen LogP contribution in [0.5, 0.6) is 28.7 Å². The van der Waals surface area contributed by atoms with E-state index in [1.807, 2.05) is 60.7 Å². The van der Waals surface area contributed by atoms with Crippen LogP contribution in [0.15, 0.2) is 60.7 Å². The van der Waals surface area contributed by atoms with Crippen LogP contribution in [-0.2, 0) is 6.61 Å². The molecule has 0 aromatic heterocycles. The Morgan fingerprint density at radius 2 is 1.32 bits per heavy atom. The van der Waals surface area contributed by atoms with Gasteiger partial charge in [-0.25, -0.2) is 0 Å². The molecule has 0 unspecified atom stereocenters. The van der Waals surface area contributed by atoms with Crippen molar-refractivity contribution < 1.29 is 23.7 Å². The van der Waals surface area contributed by atoms with Gasteiger partial charge >= 0.3 is 0 Å². The summed E-state index contributed by atoms with van der Waals surface area (Å²) < 4.78 is 28.2. The minimum atomic E-state index is 0. The second-order valence-corrected chi connectivity index (χ2v) is 6.49. The van der Waals surface area contributed by atoms with Crippen LogP contribution in [0.4, 0.5) is 0 Å². The van der Waals surface area contributed by atoms with Gasteiger partial charge in [-0.3, -0.25) is 0 Å². The number of hydrogen-bond acceptors (Lipinski definition) is 6. The molecular formula is C24H28ClNO5. The highest BCUT2D eigenvalue weighted by Crippen LogP contribution is 2.42. The minimum Gasteiger partial charge on any atom is -0.493 e. The van der Waals surface area contributed by atoms with Gasteiger partial charge in [0.25, 0.3) is 0 Å². The topological polar surface area (TPSA) is 72.2 Å². The molecule has 0 bridgehead atoms. The highest BCUT2D eigenvalue weighted by atomic mass is 35.5. The number of methoxy groups -OCH3 is 3. The Morgan fingerprint density at radius 1 is 0.677 bits per heavy atom. The van der Waals surface area contributed by atoms with Crippen LogP contribution in [0, 0.1) is 0 Å². The molecule has 0 amide bonds. The zero-order valence-corrected chi connectivity index (χ0v) is 18.7. The number of benzene rings is 3. The molecule has 166 valence electrons. The Morgan fingerprint density at radius 3 is 1.90 bits per heavy atom. The average Bonchev–Trinajstić information content (AvgIpc) is 2.81. The summed E-state index contributed by atoms with van der Waals surface area (Å²) in [5.74, 6) is 3.00. The van der Waals surface area contributed by atoms with E-state index < -0.39 is 0 Å². The van der Waals surface area contributed by atoms with Gasteiger partial charge in [0.2, 0.25) is 5.75 Å². The van der Waals surface area contributed by atoms with Gasteiger partial charge < -0.3 is 29.4 Å². The summed E-state index contributed by atoms with van der Waals surface area (Å²) in [6.45, 7) is 1.26. The Bertz CT molecular complexity index is 940. The van der Waals surface area contributed by atoms with E-state index in [1.165, 1.54) is 0 Å². The third kappa shape index (κ3) is 5.96. The first-order valence-electron chi connectivity index (χ1n) is 9.64. The van der Waals surface area contributed by atoms with Crippen molar-refractivity contribution in [2.75, 3.05) is 34.5 Å². The smallest absolute Gasteiger partial charge is 0.203 e. The molecule has 0 spiro atoms. The highest BCUT2D eigenvalue weighted by Gasteiger charge is 2.16. The quantitative estimate of drug-likeness (QED) is 0.487. The average molecular weight is 446 g/mol. The molecule has 7 heteroatoms. The van der Waals surface area contributed by atoms with Gasteiger partial charge in [-0.15, -0.1) is 12.4 Å². The van der Waals surface area contributed by atoms with Gasteiger partial charge in [0.1, 0.15) is 13.2 Å². The Labute approximate surface area is 189 Å². The van der Waals surface area contributed by atoms with E-state index in [4.69, 9.17) is 29.4 Å². The van der Waals surface area contributed by atoms with Crippen LogP contribution in [0.2, 0.25) is 0 Å². The maximum Gasteiger partial charge on any atom is 0.203 e. The molecule has 0 aliphatic rings. The molecule has 3 rings (SSSR count). The van der Waals surface area contributed by atoms with Crippen LogP contribution in [0.1, 0.15) is 5.56 Å². The van der Waals surface area contributed by atoms with Crippen LogP contribution < -0.4 is 29.4 Å². The molecule has 31 heavy (non-hydrogen) atoms. The molecule has 0 heterocycles. The molecule has 6 nitrogen and oxygen atoms in total. The lowest BCUT2D eigenvalue weighted by atomic mass is 10.0. The summed E-state index contributed by atoms with van der Waals surface area (Å²) >= 11 is 0. The first-order chi connectivity index (χ1) is 14.7. The van der Waals surface area contributed by atoms with E-state index in [9.17, 15) is 0 Å². The molecule has 0 fully saturated rings. The van der Waals surface area contributed by atoms with Gasteiger partial charge in [-0.1, -0.05) is 36.4 Å². The van der Waals surface area contributed by atoms with Crippen molar-refractivity contribution in [3.63, 3.8) is 0 Å². The van der Waals surface area contributed by atoms with Crippen molar-refractivity contribution in [3.8, 4) is 39.9 Å². The normalized spacial score (nSPS) is 10.1. The lowest BCUT2D eigenvalue weighted by Gasteiger charge is -2.16. The summed E-state index contributed by atoms with van der Waals surface area (Å²) in [7, 11) is 4.78. The van der Waals surface area contributed by atoms with E-state index in [1.54, 1.807) is 21.3 Å². The molecule has 3 aromatic carbocycles. The van der Waals surface area contributed by atoms with E-state index in [2.05, 4.69) is 0 Å². The van der Waals surface area contributed by atoms with Crippen molar-refractivity contribution in [2.24, 2.45) is 5.73 Å². The van der Waals surface area contributed by atoms with Crippen LogP contribution >= 0.6 is 12.4 Å². The molecule has 2 N–H and O–H groups in total. The summed E-state index contributed by atoms with van der Waals surface area (Å²) in [5.41, 5.74) is 8.50. The SMILES string of the molecule is COc1cc(-c2ccc(OCCN)c(OCc3ccccc3)c2)cc(OC)c1OC.Cl. The lowest BCUT2D eigenvalue weighted by Crippen LogP contribution is -2.11. The standard InChI is InChI=1S/C24H27NO5.ClH/c1-26-22-14-19(15-23(27-2)24(22)28-3)18-9-10-20(29-12-11-25)21(13-18)30-16-17-7-5-4-6-8-17;/h4-10,13-15H,11-12,16,25H2,1-3H3;1H. The first-order valence-corrected chi connectivity index (χ1v) is 9.64. The number of hydrogen-bond donors (Lipinski definition) is 1. The van der Waals surface area contributed by atoms with Crippen LogP contribution in [0.3, 0.4) is 0 Å². The molecule has 0 saturated carbocycles. The Kier molecular flexibility index (Phi) is 9.31. The van der Waals surface area contributed by atoms with Gasteiger partial charge in [-0.05, 0) is 41.0 Å². The van der Waals surface area contributed by atoms with Crippen molar-refractivity contribution in [1.29, 1.82) is 0 Å². The Hall–Kier alpha value is -3.09. The molecular weight excluding hydrogens is 418 g/mol. The second kappa shape index (κ2) is 11.9. The van der Waals surface area contributed by atoms with Gasteiger partial charge in [0, 0.05) is 6.54 Å². The minimum absolute atomic E-state index is 0. The molecule has 0 aliphatic carbocycles. The molecule has 3 aromatic rings. The van der Waals surface area contributed by atoms with Crippen molar-refractivity contribution in [3.05, 3.63) is 66.2 Å². The number of ether oxygens (including phenoxy) is 5. The maximum atomic E-state index is 6.09. The third-order valence-corrected chi connectivity index (χ3v) is 4.55. The van der Waals surface area contributed by atoms with Crippen LogP contribution in [-0.4, -0.2) is 34.5 Å². The lowest BCUT2D eigenvalue weighted by molar-refractivity contribution is 0.266. The summed E-state index contributed by atoms with van der Waals surface area (Å²) in [6, 6.07) is 19.6. The number of halogens is 1. The van der Waals surface area contributed by atoms with E-state index in [-0.39, 0.29) is 12.4 Å². The van der Waals surface area contributed by atoms with Crippen molar-refractivity contribution in [2.45, 2.75) is 6.61 Å². The largest absolute Gasteiger partial charge is 0.493 e. The zero-order chi connectivity index (χ0) is 21.3. The summed E-state index contributed by atoms with van der Waals surface area (Å²) in [5, 5.41) is 0. The van der Waals surface area contributed by atoms with E-state index >= 15 is 0 Å². The molecule has 0 radical (unpaired) electrons. The third-order valence-electron chi connectivity index (χ3n) is 4.55. The second-order valence-electron chi connectivity index (χ2n) is 6.49. The van der Waals surface area contributed by atoms with Gasteiger partial charge in [0.15, 0.2) is 23.0 Å². The van der Waals surface area contributed by atoms with Gasteiger partial charge in [0.05, 0.1) is 21.3 Å². The molecule has 0 saturated heterocycles. The zero-order valence-electron chi connectivity index (χ0n) is 17.9. The number of nitrogens with two attached hydrogens (primary N) is 1. The number of rotatable bonds is 10. The van der Waals surface area contributed by atoms with Crippen molar-refractivity contribution >= 4 is 12.4 Å². The fourth-order valence-electron chi connectivity index (χ4n) is 3.07. The highest BCUT2D eigenvalue weighted by molar-refractivity contribution is 5.85. The summed E-state index contributed by atoms with van der Waals surface area (Å²) in [6.07, 6.45) is 0. The predicted octanol–water partition coefficient (Wildman–Crippen LogP) is 4.72.